The standard InChI is InChI=1S/C22H35N5.HI/c1-18-9-5-7-15-27(18)16-8-6-13-24-22(23-2)25-14-12-19-17-26-21-11-4-3-10-20(19)21;/h3-4,10-11,17-18,26H,5-9,12-16H2,1-2H3,(H2,23,24,25);1H. The molecule has 6 heteroatoms. The van der Waals surface area contributed by atoms with E-state index in [-0.39, 0.29) is 24.0 Å². The summed E-state index contributed by atoms with van der Waals surface area (Å²) in [5.41, 5.74) is 2.56. The zero-order valence-electron chi connectivity index (χ0n) is 17.3. The fourth-order valence-corrected chi connectivity index (χ4v) is 4.01. The van der Waals surface area contributed by atoms with Crippen LogP contribution < -0.4 is 10.6 Å². The maximum Gasteiger partial charge on any atom is 0.190 e. The van der Waals surface area contributed by atoms with Crippen molar-refractivity contribution < 1.29 is 0 Å². The topological polar surface area (TPSA) is 55.5 Å². The first kappa shape index (κ1) is 23.0. The molecule has 2 aromatic rings. The Labute approximate surface area is 186 Å². The van der Waals surface area contributed by atoms with Gasteiger partial charge in [0.2, 0.25) is 0 Å². The summed E-state index contributed by atoms with van der Waals surface area (Å²) in [5, 5.41) is 8.20. The van der Waals surface area contributed by atoms with E-state index in [9.17, 15) is 0 Å². The molecule has 28 heavy (non-hydrogen) atoms. The van der Waals surface area contributed by atoms with Crippen molar-refractivity contribution >= 4 is 40.8 Å². The lowest BCUT2D eigenvalue weighted by atomic mass is 10.0. The molecule has 0 bridgehead atoms. The Kier molecular flexibility index (Phi) is 10.1. The van der Waals surface area contributed by atoms with Crippen LogP contribution in [0.5, 0.6) is 0 Å². The maximum atomic E-state index is 4.34. The Morgan fingerprint density at radius 1 is 1.18 bits per heavy atom. The lowest BCUT2D eigenvalue weighted by Crippen LogP contribution is -2.40. The van der Waals surface area contributed by atoms with Crippen molar-refractivity contribution in [3.63, 3.8) is 0 Å². The Bertz CT molecular complexity index is 727. The van der Waals surface area contributed by atoms with Crippen LogP contribution in [0.15, 0.2) is 35.5 Å². The number of nitrogens with one attached hydrogen (secondary N) is 3. The largest absolute Gasteiger partial charge is 0.361 e. The van der Waals surface area contributed by atoms with Crippen molar-refractivity contribution in [2.75, 3.05) is 33.2 Å². The number of rotatable bonds is 8. The van der Waals surface area contributed by atoms with Gasteiger partial charge in [-0.25, -0.2) is 0 Å². The zero-order chi connectivity index (χ0) is 18.9. The van der Waals surface area contributed by atoms with Gasteiger partial charge in [-0.2, -0.15) is 0 Å². The molecule has 1 aliphatic rings. The van der Waals surface area contributed by atoms with E-state index < -0.39 is 0 Å². The molecule has 0 aliphatic carbocycles. The fourth-order valence-electron chi connectivity index (χ4n) is 4.01. The summed E-state index contributed by atoms with van der Waals surface area (Å²) in [6, 6.07) is 9.23. The predicted octanol–water partition coefficient (Wildman–Crippen LogP) is 4.15. The molecule has 5 nitrogen and oxygen atoms in total. The lowest BCUT2D eigenvalue weighted by molar-refractivity contribution is 0.158. The van der Waals surface area contributed by atoms with Crippen molar-refractivity contribution in [2.24, 2.45) is 4.99 Å². The summed E-state index contributed by atoms with van der Waals surface area (Å²) in [6.45, 7) is 6.75. The quantitative estimate of drug-likeness (QED) is 0.222. The van der Waals surface area contributed by atoms with Crippen LogP contribution in [-0.2, 0) is 6.42 Å². The number of aromatic amines is 1. The number of fused-ring (bicyclic) bond motifs is 1. The van der Waals surface area contributed by atoms with Crippen LogP contribution in [0.1, 0.15) is 44.6 Å². The Balaban J connectivity index is 0.00000280. The third-order valence-electron chi connectivity index (χ3n) is 5.69. The Hall–Kier alpha value is -1.28. The van der Waals surface area contributed by atoms with Crippen LogP contribution in [-0.4, -0.2) is 55.1 Å². The van der Waals surface area contributed by atoms with Crippen molar-refractivity contribution in [3.8, 4) is 0 Å². The van der Waals surface area contributed by atoms with Gasteiger partial charge in [0.1, 0.15) is 0 Å². The van der Waals surface area contributed by atoms with Gasteiger partial charge in [-0.3, -0.25) is 4.99 Å². The molecule has 156 valence electrons. The fraction of sp³-hybridized carbons (Fsp3) is 0.591. The molecule has 3 N–H and O–H groups in total. The number of piperidine rings is 1. The number of aliphatic imine (C=N–C) groups is 1. The number of likely N-dealkylation sites (tertiary alicyclic amines) is 1. The Morgan fingerprint density at radius 2 is 2.00 bits per heavy atom. The first-order chi connectivity index (χ1) is 13.3. The molecule has 1 aliphatic heterocycles. The minimum absolute atomic E-state index is 0. The number of hydrogen-bond acceptors (Lipinski definition) is 2. The second kappa shape index (κ2) is 12.3. The zero-order valence-corrected chi connectivity index (χ0v) is 19.7. The number of aromatic nitrogens is 1. The summed E-state index contributed by atoms with van der Waals surface area (Å²) < 4.78 is 0. The van der Waals surface area contributed by atoms with E-state index in [4.69, 9.17) is 0 Å². The van der Waals surface area contributed by atoms with Crippen molar-refractivity contribution in [1.29, 1.82) is 0 Å². The molecule has 0 spiro atoms. The lowest BCUT2D eigenvalue weighted by Gasteiger charge is -2.33. The van der Waals surface area contributed by atoms with E-state index in [1.165, 1.54) is 61.7 Å². The van der Waals surface area contributed by atoms with E-state index in [0.29, 0.717) is 0 Å². The SMILES string of the molecule is CN=C(NCCCCN1CCCCC1C)NCCc1c[nH]c2ccccc12.I. The number of nitrogens with zero attached hydrogens (tertiary/aromatic N) is 2. The molecule has 0 saturated carbocycles. The minimum atomic E-state index is 0. The number of benzene rings is 1. The molecule has 3 rings (SSSR count). The normalized spacial score (nSPS) is 18.1. The maximum absolute atomic E-state index is 4.34. The summed E-state index contributed by atoms with van der Waals surface area (Å²) in [5.74, 6) is 0.904. The molecule has 1 aromatic carbocycles. The van der Waals surface area contributed by atoms with Crippen molar-refractivity contribution in [1.82, 2.24) is 20.5 Å². The highest BCUT2D eigenvalue weighted by Gasteiger charge is 2.16. The average Bonchev–Trinajstić information content (AvgIpc) is 3.11. The molecule has 0 amide bonds. The summed E-state index contributed by atoms with van der Waals surface area (Å²) in [6.07, 6.45) is 9.68. The predicted molar refractivity (Wildman–Crippen MR) is 131 cm³/mol. The molecule has 1 unspecified atom stereocenters. The van der Waals surface area contributed by atoms with Gasteiger partial charge in [0.15, 0.2) is 5.96 Å². The molecular formula is C22H36IN5. The van der Waals surface area contributed by atoms with Gasteiger partial charge in [-0.15, -0.1) is 24.0 Å². The van der Waals surface area contributed by atoms with Crippen molar-refractivity contribution in [3.05, 3.63) is 36.0 Å². The molecule has 1 fully saturated rings. The van der Waals surface area contributed by atoms with Crippen LogP contribution in [0.4, 0.5) is 0 Å². The van der Waals surface area contributed by atoms with Gasteiger partial charge in [-0.05, 0) is 63.7 Å². The number of H-pyrrole nitrogens is 1. The number of guanidine groups is 1. The number of unbranched alkanes of at least 4 members (excludes halogenated alkanes) is 1. The van der Waals surface area contributed by atoms with Gasteiger partial charge >= 0.3 is 0 Å². The average molecular weight is 497 g/mol. The van der Waals surface area contributed by atoms with Gasteiger partial charge < -0.3 is 20.5 Å². The molecule has 2 heterocycles. The minimum Gasteiger partial charge on any atom is -0.361 e. The van der Waals surface area contributed by atoms with E-state index >= 15 is 0 Å². The monoisotopic (exact) mass is 497 g/mol. The van der Waals surface area contributed by atoms with Gasteiger partial charge in [-0.1, -0.05) is 24.6 Å². The summed E-state index contributed by atoms with van der Waals surface area (Å²) in [7, 11) is 1.84. The summed E-state index contributed by atoms with van der Waals surface area (Å²) >= 11 is 0. The molecule has 1 atom stereocenters. The number of para-hydroxylation sites is 1. The molecule has 1 saturated heterocycles. The van der Waals surface area contributed by atoms with Crippen LogP contribution in [0.25, 0.3) is 10.9 Å². The first-order valence-electron chi connectivity index (χ1n) is 10.5. The smallest absolute Gasteiger partial charge is 0.190 e. The Morgan fingerprint density at radius 3 is 2.82 bits per heavy atom. The second-order valence-corrected chi connectivity index (χ2v) is 7.62. The third-order valence-corrected chi connectivity index (χ3v) is 5.69. The molecule has 0 radical (unpaired) electrons. The van der Waals surface area contributed by atoms with Gasteiger partial charge in [0.05, 0.1) is 0 Å². The second-order valence-electron chi connectivity index (χ2n) is 7.62. The van der Waals surface area contributed by atoms with Gasteiger partial charge in [0.25, 0.3) is 0 Å². The van der Waals surface area contributed by atoms with Crippen LogP contribution in [0.3, 0.4) is 0 Å². The third kappa shape index (κ3) is 6.65. The highest BCUT2D eigenvalue weighted by Crippen LogP contribution is 2.18. The van der Waals surface area contributed by atoms with Crippen LogP contribution >= 0.6 is 24.0 Å². The molecule has 1 aromatic heterocycles. The van der Waals surface area contributed by atoms with Crippen LogP contribution in [0, 0.1) is 0 Å². The van der Waals surface area contributed by atoms with Crippen LogP contribution in [0.2, 0.25) is 0 Å². The summed E-state index contributed by atoms with van der Waals surface area (Å²) in [4.78, 5) is 10.3. The van der Waals surface area contributed by atoms with Crippen molar-refractivity contribution in [2.45, 2.75) is 51.5 Å². The number of hydrogen-bond donors (Lipinski definition) is 3. The van der Waals surface area contributed by atoms with E-state index in [0.717, 1.165) is 31.5 Å². The van der Waals surface area contributed by atoms with E-state index in [1.807, 2.05) is 7.05 Å². The van der Waals surface area contributed by atoms with E-state index in [2.05, 4.69) is 62.9 Å². The molecular weight excluding hydrogens is 461 g/mol. The number of halogens is 1. The highest BCUT2D eigenvalue weighted by molar-refractivity contribution is 14.0. The van der Waals surface area contributed by atoms with E-state index in [1.54, 1.807) is 0 Å². The van der Waals surface area contributed by atoms with Gasteiger partial charge in [0, 0.05) is 43.3 Å². The highest BCUT2D eigenvalue weighted by atomic mass is 127. The first-order valence-corrected chi connectivity index (χ1v) is 10.5.